The number of hydrogen-bond acceptors (Lipinski definition) is 5. The smallest absolute Gasteiger partial charge is 0.336 e. The van der Waals surface area contributed by atoms with Crippen molar-refractivity contribution < 1.29 is 13.9 Å². The maximum absolute atomic E-state index is 13.6. The zero-order chi connectivity index (χ0) is 21.3. The molecule has 2 aromatic heterocycles. The fraction of sp³-hybridized carbons (Fsp3) is 0.240. The molecule has 2 aliphatic heterocycles. The predicted octanol–water partition coefficient (Wildman–Crippen LogP) is 3.80. The van der Waals surface area contributed by atoms with Crippen LogP contribution < -0.4 is 15.9 Å². The van der Waals surface area contributed by atoms with Crippen LogP contribution in [0.3, 0.4) is 0 Å². The van der Waals surface area contributed by atoms with Crippen molar-refractivity contribution in [1.29, 1.82) is 0 Å². The first-order valence-corrected chi connectivity index (χ1v) is 10.4. The minimum absolute atomic E-state index is 0.0181. The molecule has 4 aromatic rings. The van der Waals surface area contributed by atoms with Gasteiger partial charge >= 0.3 is 11.6 Å². The highest BCUT2D eigenvalue weighted by Gasteiger charge is 2.34. The summed E-state index contributed by atoms with van der Waals surface area (Å²) in [7, 11) is 0. The summed E-state index contributed by atoms with van der Waals surface area (Å²) in [5, 5.41) is 1.75. The van der Waals surface area contributed by atoms with Gasteiger partial charge in [-0.3, -0.25) is 9.59 Å². The van der Waals surface area contributed by atoms with Gasteiger partial charge in [-0.1, -0.05) is 18.2 Å². The van der Waals surface area contributed by atoms with Crippen LogP contribution in [0.4, 0.5) is 0 Å². The first kappa shape index (κ1) is 18.1. The van der Waals surface area contributed by atoms with Gasteiger partial charge in [0.1, 0.15) is 11.3 Å². The Morgan fingerprint density at radius 2 is 1.94 bits per heavy atom. The van der Waals surface area contributed by atoms with Gasteiger partial charge in [0, 0.05) is 35.0 Å². The molecule has 0 fully saturated rings. The highest BCUT2D eigenvalue weighted by Crippen LogP contribution is 2.43. The van der Waals surface area contributed by atoms with Crippen LogP contribution in [0.1, 0.15) is 41.0 Å². The predicted molar refractivity (Wildman–Crippen MR) is 116 cm³/mol. The summed E-state index contributed by atoms with van der Waals surface area (Å²) in [6.07, 6.45) is 1.86. The number of aromatic nitrogens is 1. The van der Waals surface area contributed by atoms with Crippen LogP contribution in [0.5, 0.6) is 5.75 Å². The monoisotopic (exact) mass is 413 g/mol. The molecular weight excluding hydrogens is 394 g/mol. The molecule has 0 unspecified atom stereocenters. The van der Waals surface area contributed by atoms with Gasteiger partial charge in [0.05, 0.1) is 11.9 Å². The van der Waals surface area contributed by atoms with E-state index in [0.29, 0.717) is 29.0 Å². The van der Waals surface area contributed by atoms with Gasteiger partial charge in [-0.2, -0.15) is 0 Å². The van der Waals surface area contributed by atoms with Gasteiger partial charge in [-0.05, 0) is 54.5 Å². The van der Waals surface area contributed by atoms with Crippen LogP contribution in [0.25, 0.3) is 21.9 Å². The number of esters is 1. The zero-order valence-electron chi connectivity index (χ0n) is 16.9. The van der Waals surface area contributed by atoms with E-state index in [9.17, 15) is 14.4 Å². The Labute approximate surface area is 176 Å². The third-order valence-corrected chi connectivity index (χ3v) is 6.49. The number of ether oxygens (including phenoxy) is 1. The molecule has 6 rings (SSSR count). The second-order valence-corrected chi connectivity index (χ2v) is 8.35. The summed E-state index contributed by atoms with van der Waals surface area (Å²) in [6, 6.07) is 12.9. The highest BCUT2D eigenvalue weighted by molar-refractivity contribution is 5.90. The molecule has 2 aromatic carbocycles. The summed E-state index contributed by atoms with van der Waals surface area (Å²) in [4.78, 5) is 38.2. The Balaban J connectivity index is 1.70. The Bertz CT molecular complexity index is 1540. The average Bonchev–Trinajstić information content (AvgIpc) is 2.75. The first-order chi connectivity index (χ1) is 15.0. The number of nitrogens with zero attached hydrogens (tertiary/aromatic N) is 1. The van der Waals surface area contributed by atoms with Gasteiger partial charge < -0.3 is 13.7 Å². The van der Waals surface area contributed by atoms with Crippen LogP contribution in [0, 0.1) is 6.92 Å². The second kappa shape index (κ2) is 6.41. The molecule has 0 spiro atoms. The van der Waals surface area contributed by atoms with Gasteiger partial charge in [-0.25, -0.2) is 4.79 Å². The maximum Gasteiger partial charge on any atom is 0.336 e. The number of hydrogen-bond donors (Lipinski definition) is 0. The van der Waals surface area contributed by atoms with E-state index in [1.54, 1.807) is 12.1 Å². The van der Waals surface area contributed by atoms with Gasteiger partial charge in [0.15, 0.2) is 0 Å². The number of pyridine rings is 1. The van der Waals surface area contributed by atoms with Crippen LogP contribution >= 0.6 is 0 Å². The molecule has 6 heteroatoms. The van der Waals surface area contributed by atoms with Crippen molar-refractivity contribution in [1.82, 2.24) is 4.57 Å². The molecule has 1 atom stereocenters. The summed E-state index contributed by atoms with van der Waals surface area (Å²) in [6.45, 7) is 2.49. The van der Waals surface area contributed by atoms with Gasteiger partial charge in [0.2, 0.25) is 0 Å². The fourth-order valence-electron chi connectivity index (χ4n) is 5.14. The van der Waals surface area contributed by atoms with Gasteiger partial charge in [0.25, 0.3) is 5.56 Å². The number of benzene rings is 2. The third kappa shape index (κ3) is 2.61. The van der Waals surface area contributed by atoms with E-state index < -0.39 is 17.5 Å². The number of para-hydroxylation sites is 1. The minimum Gasteiger partial charge on any atom is -0.426 e. The highest BCUT2D eigenvalue weighted by atomic mass is 16.5. The summed E-state index contributed by atoms with van der Waals surface area (Å²) < 4.78 is 12.9. The minimum atomic E-state index is -0.545. The Morgan fingerprint density at radius 1 is 1.06 bits per heavy atom. The number of carbonyl (C=O) groups is 1. The quantitative estimate of drug-likeness (QED) is 0.269. The molecule has 0 saturated heterocycles. The largest absolute Gasteiger partial charge is 0.426 e. The zero-order valence-corrected chi connectivity index (χ0v) is 16.9. The molecule has 6 nitrogen and oxygen atoms in total. The van der Waals surface area contributed by atoms with Crippen molar-refractivity contribution in [3.63, 3.8) is 0 Å². The maximum atomic E-state index is 13.6. The molecule has 0 radical (unpaired) electrons. The van der Waals surface area contributed by atoms with Gasteiger partial charge in [-0.15, -0.1) is 0 Å². The average molecular weight is 413 g/mol. The van der Waals surface area contributed by atoms with Crippen LogP contribution in [0.2, 0.25) is 0 Å². The lowest BCUT2D eigenvalue weighted by atomic mass is 9.84. The van der Waals surface area contributed by atoms with Crippen LogP contribution in [0.15, 0.2) is 56.5 Å². The lowest BCUT2D eigenvalue weighted by molar-refractivity contribution is -0.135. The van der Waals surface area contributed by atoms with E-state index in [1.807, 2.05) is 29.7 Å². The number of rotatable bonds is 1. The Hall–Kier alpha value is -3.67. The molecule has 0 amide bonds. The summed E-state index contributed by atoms with van der Waals surface area (Å²) >= 11 is 0. The summed E-state index contributed by atoms with van der Waals surface area (Å²) in [5.74, 6) is -0.607. The fourth-order valence-corrected chi connectivity index (χ4v) is 5.14. The molecule has 4 heterocycles. The van der Waals surface area contributed by atoms with E-state index in [0.717, 1.165) is 34.7 Å². The van der Waals surface area contributed by atoms with Crippen molar-refractivity contribution in [2.75, 3.05) is 0 Å². The van der Waals surface area contributed by atoms with E-state index >= 15 is 0 Å². The number of aryl methyl sites for hydroxylation is 3. The topological polar surface area (TPSA) is 78.5 Å². The molecule has 31 heavy (non-hydrogen) atoms. The van der Waals surface area contributed by atoms with Crippen LogP contribution in [-0.4, -0.2) is 10.5 Å². The number of fused-ring (bicyclic) bond motifs is 3. The lowest BCUT2D eigenvalue weighted by Gasteiger charge is -2.27. The second-order valence-electron chi connectivity index (χ2n) is 8.35. The SMILES string of the molecule is Cc1cc(=O)oc2c3c(ccc12)OC(=O)C[C@H]3c1cc2cccc3c2n(c1=O)CCC3. The van der Waals surface area contributed by atoms with E-state index in [2.05, 4.69) is 6.07 Å². The Kier molecular flexibility index (Phi) is 3.75. The molecule has 154 valence electrons. The van der Waals surface area contributed by atoms with Crippen molar-refractivity contribution in [3.05, 3.63) is 85.5 Å². The first-order valence-electron chi connectivity index (χ1n) is 10.4. The molecule has 0 aliphatic carbocycles. The lowest BCUT2D eigenvalue weighted by Crippen LogP contribution is -2.31. The van der Waals surface area contributed by atoms with Crippen molar-refractivity contribution in [2.24, 2.45) is 0 Å². The van der Waals surface area contributed by atoms with Crippen molar-refractivity contribution >= 4 is 27.8 Å². The third-order valence-electron chi connectivity index (χ3n) is 6.49. The normalized spacial score (nSPS) is 17.6. The van der Waals surface area contributed by atoms with Crippen LogP contribution in [-0.2, 0) is 17.8 Å². The molecule has 0 saturated carbocycles. The Morgan fingerprint density at radius 3 is 2.81 bits per heavy atom. The summed E-state index contributed by atoms with van der Waals surface area (Å²) in [5.41, 5.74) is 3.85. The van der Waals surface area contributed by atoms with Crippen molar-refractivity contribution in [3.8, 4) is 5.75 Å². The molecule has 0 N–H and O–H groups in total. The van der Waals surface area contributed by atoms with E-state index in [4.69, 9.17) is 9.15 Å². The number of carbonyl (C=O) groups excluding carboxylic acids is 1. The molecule has 2 aliphatic rings. The molecular formula is C25H19NO5. The standard InChI is InChI=1S/C25H19NO5/c1-13-10-20(27)31-24-16(13)7-8-19-22(24)17(12-21(28)30-19)18-11-15-5-2-4-14-6-3-9-26(23(14)15)25(18)29/h2,4-5,7-8,10-11,17H,3,6,9,12H2,1H3/t17-/m0/s1. The van der Waals surface area contributed by atoms with Crippen molar-refractivity contribution in [2.45, 2.75) is 38.6 Å². The van der Waals surface area contributed by atoms with E-state index in [-0.39, 0.29) is 12.0 Å². The van der Waals surface area contributed by atoms with E-state index in [1.165, 1.54) is 11.6 Å². The molecule has 0 bridgehead atoms.